The van der Waals surface area contributed by atoms with Gasteiger partial charge >= 0.3 is 5.79 Å². The number of Topliss-reactive ketones (excluding diaryl/α,β-unsaturated/α-hetero) is 4. The highest BCUT2D eigenvalue weighted by Gasteiger charge is 2.72. The number of carbonyl (C=O) groups is 4. The third-order valence-electron chi connectivity index (χ3n) is 12.8. The minimum Gasteiger partial charge on any atom is -0.507 e. The number of fused-ring (bicyclic) bond motifs is 8. The van der Waals surface area contributed by atoms with Gasteiger partial charge in [-0.2, -0.15) is 0 Å². The van der Waals surface area contributed by atoms with E-state index in [2.05, 4.69) is 0 Å². The Morgan fingerprint density at radius 1 is 0.694 bits per heavy atom. The fourth-order valence-corrected chi connectivity index (χ4v) is 11.0. The van der Waals surface area contributed by atoms with Crippen molar-refractivity contribution in [1.29, 1.82) is 0 Å². The number of hydrogen-bond donors (Lipinski definition) is 3. The lowest BCUT2D eigenvalue weighted by Gasteiger charge is -2.56. The van der Waals surface area contributed by atoms with Gasteiger partial charge < -0.3 is 24.8 Å². The third kappa shape index (κ3) is 3.88. The lowest BCUT2D eigenvalue weighted by molar-refractivity contribution is -0.170. The number of ether oxygens (including phenoxy) is 2. The molecule has 9 heteroatoms. The van der Waals surface area contributed by atoms with E-state index in [9.17, 15) is 29.7 Å². The van der Waals surface area contributed by atoms with Gasteiger partial charge in [0.15, 0.2) is 17.3 Å². The van der Waals surface area contributed by atoms with Gasteiger partial charge in [-0.1, -0.05) is 82.1 Å². The summed E-state index contributed by atoms with van der Waals surface area (Å²) in [5.74, 6) is -8.12. The van der Waals surface area contributed by atoms with E-state index in [-0.39, 0.29) is 45.1 Å². The van der Waals surface area contributed by atoms with Crippen LogP contribution >= 0.6 is 0 Å². The maximum absolute atomic E-state index is 15.5. The number of rotatable bonds is 2. The molecule has 9 nitrogen and oxygen atoms in total. The maximum Gasteiger partial charge on any atom is 0.344 e. The van der Waals surface area contributed by atoms with E-state index < -0.39 is 79.9 Å². The van der Waals surface area contributed by atoms with Crippen molar-refractivity contribution in [3.8, 4) is 17.2 Å². The van der Waals surface area contributed by atoms with Crippen LogP contribution in [0.3, 0.4) is 0 Å². The molecule has 0 unspecified atom stereocenters. The number of aromatic hydroxyl groups is 1. The van der Waals surface area contributed by atoms with Crippen molar-refractivity contribution >= 4 is 23.1 Å². The van der Waals surface area contributed by atoms with Crippen molar-refractivity contribution in [1.82, 2.24) is 0 Å². The second-order valence-electron chi connectivity index (χ2n) is 17.7. The minimum absolute atomic E-state index is 0.0353. The molecule has 2 fully saturated rings. The second kappa shape index (κ2) is 9.88. The van der Waals surface area contributed by atoms with E-state index in [1.54, 1.807) is 13.8 Å². The van der Waals surface area contributed by atoms with Crippen LogP contribution in [0.2, 0.25) is 0 Å². The Morgan fingerprint density at radius 2 is 1.31 bits per heavy atom. The molecule has 2 saturated carbocycles. The van der Waals surface area contributed by atoms with Crippen LogP contribution in [0.25, 0.3) is 0 Å². The molecule has 1 spiro atoms. The first-order valence-electron chi connectivity index (χ1n) is 17.7. The largest absolute Gasteiger partial charge is 0.507 e. The van der Waals surface area contributed by atoms with Crippen LogP contribution in [0.5, 0.6) is 17.2 Å². The van der Waals surface area contributed by atoms with Gasteiger partial charge in [-0.25, -0.2) is 0 Å². The summed E-state index contributed by atoms with van der Waals surface area (Å²) in [6.45, 7) is 18.6. The van der Waals surface area contributed by atoms with Crippen LogP contribution in [-0.2, 0) is 19.8 Å². The first-order chi connectivity index (χ1) is 22.6. The summed E-state index contributed by atoms with van der Waals surface area (Å²) in [6, 6.07) is 0. The summed E-state index contributed by atoms with van der Waals surface area (Å²) in [6.07, 6.45) is 3.82. The Labute approximate surface area is 287 Å². The Balaban J connectivity index is 1.61. The molecular weight excluding hydrogens is 624 g/mol. The predicted octanol–water partition coefficient (Wildman–Crippen LogP) is 7.79. The molecule has 49 heavy (non-hydrogen) atoms. The molecule has 1 aromatic carbocycles. The van der Waals surface area contributed by atoms with E-state index in [1.165, 1.54) is 0 Å². The molecule has 7 rings (SSSR count). The normalized spacial score (nSPS) is 33.0. The van der Waals surface area contributed by atoms with E-state index in [4.69, 9.17) is 9.47 Å². The molecular formula is C40H48O9. The maximum atomic E-state index is 15.5. The highest BCUT2D eigenvalue weighted by atomic mass is 16.7. The van der Waals surface area contributed by atoms with Gasteiger partial charge in [0.1, 0.15) is 11.5 Å². The predicted molar refractivity (Wildman–Crippen MR) is 181 cm³/mol. The zero-order valence-electron chi connectivity index (χ0n) is 30.3. The summed E-state index contributed by atoms with van der Waals surface area (Å²) in [5.41, 5.74) is -2.56. The van der Waals surface area contributed by atoms with Gasteiger partial charge in [0.05, 0.1) is 11.1 Å². The Kier molecular flexibility index (Phi) is 6.78. The Bertz CT molecular complexity index is 1920. The second-order valence-corrected chi connectivity index (χ2v) is 17.7. The van der Waals surface area contributed by atoms with Crippen LogP contribution in [0.15, 0.2) is 33.8 Å². The van der Waals surface area contributed by atoms with E-state index in [0.29, 0.717) is 36.8 Å². The van der Waals surface area contributed by atoms with Crippen LogP contribution < -0.4 is 9.47 Å². The third-order valence-corrected chi connectivity index (χ3v) is 12.8. The highest BCUT2D eigenvalue weighted by molar-refractivity contribution is 6.51. The molecule has 0 saturated heterocycles. The monoisotopic (exact) mass is 672 g/mol. The lowest BCUT2D eigenvalue weighted by Crippen LogP contribution is -2.65. The topological polar surface area (TPSA) is 147 Å². The fourth-order valence-electron chi connectivity index (χ4n) is 11.0. The molecule has 0 aromatic heterocycles. The number of aliphatic hydroxyl groups is 2. The number of benzene rings is 1. The number of hydrogen-bond acceptors (Lipinski definition) is 9. The number of phenols is 1. The van der Waals surface area contributed by atoms with Gasteiger partial charge in [0.2, 0.25) is 23.1 Å². The van der Waals surface area contributed by atoms with Crippen molar-refractivity contribution in [2.24, 2.45) is 28.1 Å². The molecule has 6 aliphatic rings. The van der Waals surface area contributed by atoms with E-state index in [0.717, 1.165) is 12.8 Å². The van der Waals surface area contributed by atoms with Crippen molar-refractivity contribution in [3.05, 3.63) is 50.5 Å². The molecule has 1 aromatic rings. The molecule has 1 heterocycles. The van der Waals surface area contributed by atoms with Gasteiger partial charge in [0, 0.05) is 39.0 Å². The van der Waals surface area contributed by atoms with Crippen molar-refractivity contribution < 1.29 is 44.0 Å². The quantitative estimate of drug-likeness (QED) is 0.212. The average Bonchev–Trinajstić information content (AvgIpc) is 3.35. The Hall–Kier alpha value is -3.88. The molecule has 1 aliphatic heterocycles. The molecule has 0 amide bonds. The summed E-state index contributed by atoms with van der Waals surface area (Å²) >= 11 is 0. The lowest BCUT2D eigenvalue weighted by atomic mass is 9.47. The number of ketones is 4. The van der Waals surface area contributed by atoms with Crippen LogP contribution in [0.1, 0.15) is 135 Å². The smallest absolute Gasteiger partial charge is 0.344 e. The van der Waals surface area contributed by atoms with Crippen molar-refractivity contribution in [2.45, 2.75) is 125 Å². The summed E-state index contributed by atoms with van der Waals surface area (Å²) in [4.78, 5) is 57.7. The van der Waals surface area contributed by atoms with E-state index in [1.807, 2.05) is 55.4 Å². The van der Waals surface area contributed by atoms with Crippen molar-refractivity contribution in [3.63, 3.8) is 0 Å². The van der Waals surface area contributed by atoms with Crippen molar-refractivity contribution in [2.75, 3.05) is 0 Å². The number of carbonyl (C=O) groups excluding carboxylic acids is 4. The molecule has 262 valence electrons. The highest BCUT2D eigenvalue weighted by Crippen LogP contribution is 2.68. The first kappa shape index (κ1) is 33.6. The first-order valence-corrected chi connectivity index (χ1v) is 17.7. The fraction of sp³-hybridized carbons (Fsp3) is 0.600. The average molecular weight is 673 g/mol. The molecule has 5 aliphatic carbocycles. The molecule has 0 radical (unpaired) electrons. The number of phenolic OH excluding ortho intramolecular Hbond substituents is 1. The molecule has 4 atom stereocenters. The zero-order valence-corrected chi connectivity index (χ0v) is 30.3. The zero-order chi connectivity index (χ0) is 36.1. The van der Waals surface area contributed by atoms with Crippen LogP contribution in [0.4, 0.5) is 0 Å². The summed E-state index contributed by atoms with van der Waals surface area (Å²) in [7, 11) is 0. The number of aliphatic hydroxyl groups excluding tert-OH is 2. The SMILES string of the molecule is CC(C)C1=C(O)C2=C(C(=O)C1=O)[C@@]1(C)CCCC(C)(C)[C@@H]1C(=O)[C@@]21Oc2c(c3c(c(O)c2C(C)C)C(=O)C(O)=C2C(C)(C)CCC[C@@]23C)O1. The van der Waals surface area contributed by atoms with Gasteiger partial charge in [0.25, 0.3) is 0 Å². The Morgan fingerprint density at radius 3 is 1.92 bits per heavy atom. The number of allylic oxidation sites excluding steroid dienone is 4. The van der Waals surface area contributed by atoms with Gasteiger partial charge in [-0.3, -0.25) is 19.2 Å². The standard InChI is InChI=1S/C40H48O9/c1-17(2)19-26(42)24-23(29(45)27(19)43)39(10)16-12-14-37(7,8)34(39)35(47)40(24)48-31-20(18(3)4)25(41)21-22(32(31)49-40)38(9)15-11-13-36(5,6)33(38)30(46)28(21)44/h17-18,34,41-42,46H,11-16H2,1-10H3/t34-,38+,39+,40+/m0/s1. The van der Waals surface area contributed by atoms with Crippen LogP contribution in [-0.4, -0.2) is 44.2 Å². The van der Waals surface area contributed by atoms with Gasteiger partial charge in [-0.15, -0.1) is 0 Å². The van der Waals surface area contributed by atoms with E-state index >= 15 is 4.79 Å². The summed E-state index contributed by atoms with van der Waals surface area (Å²) in [5, 5.41) is 35.6. The van der Waals surface area contributed by atoms with Gasteiger partial charge in [-0.05, 0) is 53.9 Å². The molecule has 3 N–H and O–H groups in total. The van der Waals surface area contributed by atoms with Crippen LogP contribution in [0, 0.1) is 28.1 Å². The summed E-state index contributed by atoms with van der Waals surface area (Å²) < 4.78 is 13.8. The minimum atomic E-state index is -2.38. The molecule has 0 bridgehead atoms.